The van der Waals surface area contributed by atoms with Crippen LogP contribution < -0.4 is 4.31 Å². The Labute approximate surface area is 160 Å². The molecule has 0 fully saturated rings. The van der Waals surface area contributed by atoms with E-state index in [1.807, 2.05) is 0 Å². The molecule has 0 saturated carbocycles. The quantitative estimate of drug-likeness (QED) is 0.487. The monoisotopic (exact) mass is 399 g/mol. The van der Waals surface area contributed by atoms with Gasteiger partial charge in [0.25, 0.3) is 10.0 Å². The van der Waals surface area contributed by atoms with Crippen LogP contribution in [0, 0.1) is 5.82 Å². The molecule has 3 aromatic rings. The lowest BCUT2D eigenvalue weighted by Gasteiger charge is -2.17. The van der Waals surface area contributed by atoms with Gasteiger partial charge >= 0.3 is 5.97 Å². The van der Waals surface area contributed by atoms with E-state index in [9.17, 15) is 22.4 Å². The molecule has 6 nitrogen and oxygen atoms in total. The lowest BCUT2D eigenvalue weighted by atomic mass is 10.1. The second kappa shape index (κ2) is 6.72. The molecule has 1 aliphatic heterocycles. The van der Waals surface area contributed by atoms with Gasteiger partial charge in [0.05, 0.1) is 10.6 Å². The van der Waals surface area contributed by atoms with E-state index in [1.54, 1.807) is 30.3 Å². The highest BCUT2D eigenvalue weighted by atomic mass is 32.2. The van der Waals surface area contributed by atoms with Crippen molar-refractivity contribution in [2.75, 3.05) is 17.5 Å². The SMILES string of the molecule is O=C(CN1c2cccc3cccc(c23)S1(=O)=O)OCC(=O)c1cccc(F)c1. The maximum absolute atomic E-state index is 13.2. The number of hydrogen-bond acceptors (Lipinski definition) is 5. The average Bonchev–Trinajstić information content (AvgIpc) is 2.89. The summed E-state index contributed by atoms with van der Waals surface area (Å²) in [7, 11) is -3.89. The third-order valence-electron chi connectivity index (χ3n) is 4.46. The van der Waals surface area contributed by atoms with Crippen molar-refractivity contribution in [1.82, 2.24) is 0 Å². The van der Waals surface area contributed by atoms with Gasteiger partial charge in [-0.05, 0) is 29.7 Å². The highest BCUT2D eigenvalue weighted by molar-refractivity contribution is 7.93. The largest absolute Gasteiger partial charge is 0.456 e. The molecule has 8 heteroatoms. The number of ketones is 1. The van der Waals surface area contributed by atoms with Gasteiger partial charge in [0.15, 0.2) is 12.4 Å². The maximum Gasteiger partial charge on any atom is 0.327 e. The minimum Gasteiger partial charge on any atom is -0.456 e. The molecule has 28 heavy (non-hydrogen) atoms. The number of hydrogen-bond donors (Lipinski definition) is 0. The third kappa shape index (κ3) is 3.01. The fourth-order valence-electron chi connectivity index (χ4n) is 3.18. The average molecular weight is 399 g/mol. The van der Waals surface area contributed by atoms with Crippen molar-refractivity contribution in [2.24, 2.45) is 0 Å². The summed E-state index contributed by atoms with van der Waals surface area (Å²) >= 11 is 0. The lowest BCUT2D eigenvalue weighted by molar-refractivity contribution is -0.140. The van der Waals surface area contributed by atoms with Crippen LogP contribution in [0.25, 0.3) is 10.8 Å². The molecule has 0 atom stereocenters. The number of benzene rings is 3. The van der Waals surface area contributed by atoms with Crippen molar-refractivity contribution in [1.29, 1.82) is 0 Å². The van der Waals surface area contributed by atoms with Crippen LogP contribution in [0.1, 0.15) is 10.4 Å². The number of ether oxygens (including phenoxy) is 1. The van der Waals surface area contributed by atoms with Gasteiger partial charge in [-0.15, -0.1) is 0 Å². The Morgan fingerprint density at radius 2 is 1.71 bits per heavy atom. The zero-order valence-corrected chi connectivity index (χ0v) is 15.3. The van der Waals surface area contributed by atoms with Crippen LogP contribution >= 0.6 is 0 Å². The molecule has 3 aromatic carbocycles. The van der Waals surface area contributed by atoms with Crippen LogP contribution in [0.15, 0.2) is 65.6 Å². The van der Waals surface area contributed by atoms with Gasteiger partial charge in [0.2, 0.25) is 0 Å². The molecule has 0 N–H and O–H groups in total. The van der Waals surface area contributed by atoms with Gasteiger partial charge in [-0.3, -0.25) is 13.9 Å². The van der Waals surface area contributed by atoms with Crippen molar-refractivity contribution in [2.45, 2.75) is 4.90 Å². The minimum absolute atomic E-state index is 0.0683. The first-order valence-corrected chi connectivity index (χ1v) is 9.81. The molecule has 4 rings (SSSR count). The molecule has 0 saturated heterocycles. The van der Waals surface area contributed by atoms with E-state index in [0.717, 1.165) is 15.8 Å². The summed E-state index contributed by atoms with van der Waals surface area (Å²) in [5.41, 5.74) is 0.459. The summed E-state index contributed by atoms with van der Waals surface area (Å²) in [6.45, 7) is -1.17. The second-order valence-corrected chi connectivity index (χ2v) is 8.07. The summed E-state index contributed by atoms with van der Waals surface area (Å²) in [6.07, 6.45) is 0. The van der Waals surface area contributed by atoms with Crippen LogP contribution in [0.4, 0.5) is 10.1 Å². The predicted molar refractivity (Wildman–Crippen MR) is 100 cm³/mol. The Balaban J connectivity index is 1.51. The molecule has 0 bridgehead atoms. The van der Waals surface area contributed by atoms with Crippen molar-refractivity contribution in [3.05, 3.63) is 72.0 Å². The van der Waals surface area contributed by atoms with E-state index in [1.165, 1.54) is 24.3 Å². The number of Topliss-reactive ketones (excluding diaryl/α,β-unsaturated/α-hetero) is 1. The van der Waals surface area contributed by atoms with Gasteiger partial charge in [0.1, 0.15) is 12.4 Å². The summed E-state index contributed by atoms with van der Waals surface area (Å²) < 4.78 is 44.7. The maximum atomic E-state index is 13.2. The molecule has 0 aliphatic carbocycles. The van der Waals surface area contributed by atoms with Crippen LogP contribution in [-0.4, -0.2) is 33.3 Å². The zero-order valence-electron chi connectivity index (χ0n) is 14.5. The van der Waals surface area contributed by atoms with Crippen molar-refractivity contribution >= 4 is 38.2 Å². The molecular formula is C20H14FNO5S. The second-order valence-electron chi connectivity index (χ2n) is 6.24. The Morgan fingerprint density at radius 1 is 1.00 bits per heavy atom. The Morgan fingerprint density at radius 3 is 2.46 bits per heavy atom. The third-order valence-corrected chi connectivity index (χ3v) is 6.27. The molecular weight excluding hydrogens is 385 g/mol. The van der Waals surface area contributed by atoms with Gasteiger partial charge in [0, 0.05) is 10.9 Å². The molecule has 0 aromatic heterocycles. The number of carbonyl (C=O) groups is 2. The standard InChI is InChI=1S/C20H14FNO5S/c21-15-7-1-6-14(10-15)17(23)12-27-19(24)11-22-16-8-2-4-13-5-3-9-18(20(13)16)28(22,25)26/h1-10H,11-12H2. The smallest absolute Gasteiger partial charge is 0.327 e. The predicted octanol–water partition coefficient (Wildman–Crippen LogP) is 2.91. The number of rotatable bonds is 5. The summed E-state index contributed by atoms with van der Waals surface area (Å²) in [5.74, 6) is -2.04. The number of sulfonamides is 1. The van der Waals surface area contributed by atoms with E-state index in [-0.39, 0.29) is 10.5 Å². The summed E-state index contributed by atoms with van der Waals surface area (Å²) in [6, 6.07) is 15.0. The van der Waals surface area contributed by atoms with E-state index < -0.39 is 40.7 Å². The van der Waals surface area contributed by atoms with E-state index in [2.05, 4.69) is 0 Å². The first-order valence-electron chi connectivity index (χ1n) is 8.37. The first-order chi connectivity index (χ1) is 13.4. The van der Waals surface area contributed by atoms with Gasteiger partial charge in [-0.25, -0.2) is 12.8 Å². The molecule has 1 aliphatic rings. The number of esters is 1. The van der Waals surface area contributed by atoms with Crippen molar-refractivity contribution in [3.8, 4) is 0 Å². The Kier molecular flexibility index (Phi) is 4.35. The van der Waals surface area contributed by atoms with Crippen molar-refractivity contribution < 1.29 is 27.1 Å². The van der Waals surface area contributed by atoms with Crippen LogP contribution in [0.5, 0.6) is 0 Å². The number of anilines is 1. The number of nitrogens with zero attached hydrogens (tertiary/aromatic N) is 1. The van der Waals surface area contributed by atoms with E-state index in [4.69, 9.17) is 4.74 Å². The first kappa shape index (κ1) is 18.1. The minimum atomic E-state index is -3.89. The number of halogens is 1. The topological polar surface area (TPSA) is 80.8 Å². The highest BCUT2D eigenvalue weighted by Crippen LogP contribution is 2.41. The molecule has 0 spiro atoms. The van der Waals surface area contributed by atoms with Gasteiger partial charge in [-0.1, -0.05) is 36.4 Å². The molecule has 1 heterocycles. The Bertz CT molecular complexity index is 1220. The summed E-state index contributed by atoms with van der Waals surface area (Å²) in [5, 5.41) is 1.30. The van der Waals surface area contributed by atoms with Crippen LogP contribution in [-0.2, 0) is 19.6 Å². The summed E-state index contributed by atoms with van der Waals surface area (Å²) in [4.78, 5) is 24.4. The van der Waals surface area contributed by atoms with Gasteiger partial charge < -0.3 is 4.74 Å². The molecule has 0 unspecified atom stereocenters. The number of carbonyl (C=O) groups excluding carboxylic acids is 2. The van der Waals surface area contributed by atoms with Crippen LogP contribution in [0.2, 0.25) is 0 Å². The van der Waals surface area contributed by atoms with E-state index >= 15 is 0 Å². The Hall–Kier alpha value is -3.26. The van der Waals surface area contributed by atoms with E-state index in [0.29, 0.717) is 11.1 Å². The lowest BCUT2D eigenvalue weighted by Crippen LogP contribution is -2.34. The fraction of sp³-hybridized carbons (Fsp3) is 0.100. The zero-order chi connectivity index (χ0) is 19.9. The normalized spacial score (nSPS) is 14.2. The van der Waals surface area contributed by atoms with Gasteiger partial charge in [-0.2, -0.15) is 0 Å². The molecule has 0 amide bonds. The fourth-order valence-corrected chi connectivity index (χ4v) is 4.84. The molecule has 0 radical (unpaired) electrons. The van der Waals surface area contributed by atoms with Crippen molar-refractivity contribution in [3.63, 3.8) is 0 Å². The highest BCUT2D eigenvalue weighted by Gasteiger charge is 2.37. The molecule has 142 valence electrons. The van der Waals surface area contributed by atoms with Crippen LogP contribution in [0.3, 0.4) is 0 Å².